The van der Waals surface area contributed by atoms with Crippen LogP contribution in [0.15, 0.2) is 41.6 Å². The SMILES string of the molecule is O=C(O)CCSc1nccc2ccccc12. The molecule has 0 unspecified atom stereocenters. The van der Waals surface area contributed by atoms with Crippen LogP contribution >= 0.6 is 11.8 Å². The predicted octanol–water partition coefficient (Wildman–Crippen LogP) is 2.80. The van der Waals surface area contributed by atoms with Crippen LogP contribution in [0.5, 0.6) is 0 Å². The van der Waals surface area contributed by atoms with Crippen molar-refractivity contribution in [2.45, 2.75) is 11.4 Å². The van der Waals surface area contributed by atoms with Crippen LogP contribution in [-0.4, -0.2) is 21.8 Å². The third kappa shape index (κ3) is 2.52. The molecule has 0 amide bonds. The summed E-state index contributed by atoms with van der Waals surface area (Å²) in [6.45, 7) is 0. The predicted molar refractivity (Wildman–Crippen MR) is 64.7 cm³/mol. The van der Waals surface area contributed by atoms with Crippen molar-refractivity contribution in [1.29, 1.82) is 0 Å². The molecule has 0 aliphatic carbocycles. The van der Waals surface area contributed by atoms with Crippen LogP contribution in [0.2, 0.25) is 0 Å². The Kier molecular flexibility index (Phi) is 3.41. The second-order valence-electron chi connectivity index (χ2n) is 3.33. The molecule has 0 bridgehead atoms. The highest BCUT2D eigenvalue weighted by Gasteiger charge is 2.03. The molecule has 0 aliphatic heterocycles. The average Bonchev–Trinajstić information content (AvgIpc) is 2.29. The number of aromatic nitrogens is 1. The second kappa shape index (κ2) is 4.99. The zero-order valence-electron chi connectivity index (χ0n) is 8.59. The van der Waals surface area contributed by atoms with Crippen LogP contribution in [0.25, 0.3) is 10.8 Å². The molecule has 1 aromatic carbocycles. The van der Waals surface area contributed by atoms with E-state index in [0.29, 0.717) is 5.75 Å². The number of fused-ring (bicyclic) bond motifs is 1. The first kappa shape index (κ1) is 11.0. The van der Waals surface area contributed by atoms with Crippen molar-refractivity contribution < 1.29 is 9.90 Å². The lowest BCUT2D eigenvalue weighted by Crippen LogP contribution is -1.96. The summed E-state index contributed by atoms with van der Waals surface area (Å²) >= 11 is 1.49. The topological polar surface area (TPSA) is 50.2 Å². The fourth-order valence-corrected chi connectivity index (χ4v) is 2.39. The van der Waals surface area contributed by atoms with Crippen molar-refractivity contribution in [3.8, 4) is 0 Å². The zero-order valence-corrected chi connectivity index (χ0v) is 9.41. The average molecular weight is 233 g/mol. The first-order chi connectivity index (χ1) is 7.77. The number of hydrogen-bond acceptors (Lipinski definition) is 3. The molecule has 1 N–H and O–H groups in total. The third-order valence-corrected chi connectivity index (χ3v) is 3.20. The van der Waals surface area contributed by atoms with Gasteiger partial charge in [0, 0.05) is 17.3 Å². The normalized spacial score (nSPS) is 10.5. The number of carboxylic acids is 1. The smallest absolute Gasteiger partial charge is 0.304 e. The molecule has 2 rings (SSSR count). The van der Waals surface area contributed by atoms with E-state index < -0.39 is 5.97 Å². The van der Waals surface area contributed by atoms with Crippen molar-refractivity contribution in [3.05, 3.63) is 36.5 Å². The number of rotatable bonds is 4. The fraction of sp³-hybridized carbons (Fsp3) is 0.167. The minimum Gasteiger partial charge on any atom is -0.481 e. The number of aliphatic carboxylic acids is 1. The van der Waals surface area contributed by atoms with Gasteiger partial charge in [-0.25, -0.2) is 4.98 Å². The Hall–Kier alpha value is -1.55. The van der Waals surface area contributed by atoms with Crippen LogP contribution < -0.4 is 0 Å². The molecule has 0 atom stereocenters. The van der Waals surface area contributed by atoms with Crippen LogP contribution in [-0.2, 0) is 4.79 Å². The van der Waals surface area contributed by atoms with Crippen LogP contribution in [0, 0.1) is 0 Å². The standard InChI is InChI=1S/C12H11NO2S/c14-11(15)6-8-16-12-10-4-2-1-3-9(10)5-7-13-12/h1-5,7H,6,8H2,(H,14,15). The van der Waals surface area contributed by atoms with Crippen molar-refractivity contribution in [1.82, 2.24) is 4.98 Å². The van der Waals surface area contributed by atoms with E-state index in [1.54, 1.807) is 6.20 Å². The van der Waals surface area contributed by atoms with Crippen LogP contribution in [0.3, 0.4) is 0 Å². The maximum atomic E-state index is 10.4. The summed E-state index contributed by atoms with van der Waals surface area (Å²) in [6, 6.07) is 9.93. The number of carboxylic acid groups (broad SMARTS) is 1. The lowest BCUT2D eigenvalue weighted by atomic mass is 10.2. The molecule has 3 nitrogen and oxygen atoms in total. The fourth-order valence-electron chi connectivity index (χ4n) is 1.44. The Bertz CT molecular complexity index is 508. The highest BCUT2D eigenvalue weighted by atomic mass is 32.2. The highest BCUT2D eigenvalue weighted by Crippen LogP contribution is 2.25. The molecule has 4 heteroatoms. The van der Waals surface area contributed by atoms with Gasteiger partial charge in [-0.2, -0.15) is 0 Å². The molecule has 0 aliphatic rings. The molecule has 1 aromatic heterocycles. The number of benzene rings is 1. The summed E-state index contributed by atoms with van der Waals surface area (Å²) in [5.41, 5.74) is 0. The molecule has 82 valence electrons. The Labute approximate surface area is 97.5 Å². The van der Waals surface area contributed by atoms with Gasteiger partial charge in [0.1, 0.15) is 5.03 Å². The maximum absolute atomic E-state index is 10.4. The molecular weight excluding hydrogens is 222 g/mol. The quantitative estimate of drug-likeness (QED) is 0.825. The van der Waals surface area contributed by atoms with Gasteiger partial charge in [0.15, 0.2) is 0 Å². The molecule has 0 saturated heterocycles. The summed E-state index contributed by atoms with van der Waals surface area (Å²) in [5, 5.41) is 11.7. The lowest BCUT2D eigenvalue weighted by molar-refractivity contribution is -0.136. The largest absolute Gasteiger partial charge is 0.481 e. The van der Waals surface area contributed by atoms with Crippen molar-refractivity contribution in [2.75, 3.05) is 5.75 Å². The monoisotopic (exact) mass is 233 g/mol. The van der Waals surface area contributed by atoms with E-state index in [0.717, 1.165) is 15.8 Å². The van der Waals surface area contributed by atoms with Gasteiger partial charge in [-0.05, 0) is 11.5 Å². The van der Waals surface area contributed by atoms with Crippen LogP contribution in [0.1, 0.15) is 6.42 Å². The number of thioether (sulfide) groups is 1. The maximum Gasteiger partial charge on any atom is 0.304 e. The summed E-state index contributed by atoms with van der Waals surface area (Å²) in [4.78, 5) is 14.7. The molecule has 1 heterocycles. The third-order valence-electron chi connectivity index (χ3n) is 2.19. The number of pyridine rings is 1. The van der Waals surface area contributed by atoms with E-state index in [9.17, 15) is 4.79 Å². The number of nitrogens with zero attached hydrogens (tertiary/aromatic N) is 1. The number of hydrogen-bond donors (Lipinski definition) is 1. The Morgan fingerprint density at radius 3 is 2.94 bits per heavy atom. The van der Waals surface area contributed by atoms with Gasteiger partial charge in [-0.15, -0.1) is 11.8 Å². The van der Waals surface area contributed by atoms with Crippen LogP contribution in [0.4, 0.5) is 0 Å². The molecule has 0 saturated carbocycles. The van der Waals surface area contributed by atoms with E-state index in [1.807, 2.05) is 30.3 Å². The van der Waals surface area contributed by atoms with E-state index >= 15 is 0 Å². The van der Waals surface area contributed by atoms with Gasteiger partial charge in [-0.3, -0.25) is 4.79 Å². The summed E-state index contributed by atoms with van der Waals surface area (Å²) in [7, 11) is 0. The second-order valence-corrected chi connectivity index (χ2v) is 4.41. The molecule has 0 radical (unpaired) electrons. The van der Waals surface area contributed by atoms with Gasteiger partial charge in [0.05, 0.1) is 6.42 Å². The van der Waals surface area contributed by atoms with E-state index in [4.69, 9.17) is 5.11 Å². The van der Waals surface area contributed by atoms with Gasteiger partial charge < -0.3 is 5.11 Å². The highest BCUT2D eigenvalue weighted by molar-refractivity contribution is 7.99. The first-order valence-electron chi connectivity index (χ1n) is 4.96. The van der Waals surface area contributed by atoms with Gasteiger partial charge in [-0.1, -0.05) is 24.3 Å². The van der Waals surface area contributed by atoms with Gasteiger partial charge in [0.25, 0.3) is 0 Å². The van der Waals surface area contributed by atoms with E-state index in [2.05, 4.69) is 4.98 Å². The minimum absolute atomic E-state index is 0.162. The van der Waals surface area contributed by atoms with Gasteiger partial charge >= 0.3 is 5.97 Å². The van der Waals surface area contributed by atoms with E-state index in [-0.39, 0.29) is 6.42 Å². The first-order valence-corrected chi connectivity index (χ1v) is 5.94. The van der Waals surface area contributed by atoms with Crippen molar-refractivity contribution >= 4 is 28.5 Å². The number of carbonyl (C=O) groups is 1. The van der Waals surface area contributed by atoms with Crippen molar-refractivity contribution in [3.63, 3.8) is 0 Å². The molecule has 0 fully saturated rings. The Morgan fingerprint density at radius 1 is 1.31 bits per heavy atom. The molecular formula is C12H11NO2S. The molecule has 0 spiro atoms. The summed E-state index contributed by atoms with van der Waals surface area (Å²) < 4.78 is 0. The van der Waals surface area contributed by atoms with Crippen molar-refractivity contribution in [2.24, 2.45) is 0 Å². The lowest BCUT2D eigenvalue weighted by Gasteiger charge is -2.03. The minimum atomic E-state index is -0.771. The summed E-state index contributed by atoms with van der Waals surface area (Å²) in [5.74, 6) is -0.219. The Morgan fingerprint density at radius 2 is 2.12 bits per heavy atom. The van der Waals surface area contributed by atoms with Gasteiger partial charge in [0.2, 0.25) is 0 Å². The molecule has 16 heavy (non-hydrogen) atoms. The Balaban J connectivity index is 2.20. The van der Waals surface area contributed by atoms with E-state index in [1.165, 1.54) is 11.8 Å². The molecule has 2 aromatic rings. The summed E-state index contributed by atoms with van der Waals surface area (Å²) in [6.07, 6.45) is 1.92. The zero-order chi connectivity index (χ0) is 11.4.